The van der Waals surface area contributed by atoms with E-state index >= 15 is 0 Å². The van der Waals surface area contributed by atoms with Gasteiger partial charge in [-0.3, -0.25) is 4.79 Å². The molecule has 3 N–H and O–H groups in total. The van der Waals surface area contributed by atoms with Crippen molar-refractivity contribution in [3.05, 3.63) is 29.8 Å². The van der Waals surface area contributed by atoms with Crippen molar-refractivity contribution in [2.45, 2.75) is 20.4 Å². The minimum Gasteiger partial charge on any atom is -0.342 e. The van der Waals surface area contributed by atoms with Crippen molar-refractivity contribution >= 4 is 17.6 Å². The van der Waals surface area contributed by atoms with Crippen LogP contribution < -0.4 is 11.1 Å². The van der Waals surface area contributed by atoms with Crippen LogP contribution in [0.5, 0.6) is 0 Å². The Kier molecular flexibility index (Phi) is 6.68. The summed E-state index contributed by atoms with van der Waals surface area (Å²) in [4.78, 5) is 27.1. The summed E-state index contributed by atoms with van der Waals surface area (Å²) in [6, 6.07) is 7.02. The molecule has 0 heterocycles. The summed E-state index contributed by atoms with van der Waals surface area (Å²) in [5.41, 5.74) is 7.18. The number of nitrogens with zero attached hydrogens (tertiary/aromatic N) is 2. The summed E-state index contributed by atoms with van der Waals surface area (Å²) in [5.74, 6) is -0.0617. The van der Waals surface area contributed by atoms with E-state index in [-0.39, 0.29) is 18.5 Å². The number of hydrogen-bond donors (Lipinski definition) is 2. The van der Waals surface area contributed by atoms with Gasteiger partial charge in [-0.25, -0.2) is 4.79 Å². The molecule has 0 aliphatic carbocycles. The Morgan fingerprint density at radius 1 is 1.24 bits per heavy atom. The summed E-state index contributed by atoms with van der Waals surface area (Å²) in [6.07, 6.45) is 0. The van der Waals surface area contributed by atoms with Crippen molar-refractivity contribution in [1.29, 1.82) is 0 Å². The molecule has 3 amide bonds. The van der Waals surface area contributed by atoms with Crippen LogP contribution in [0.3, 0.4) is 0 Å². The molecular formula is C15H24N4O2. The highest BCUT2D eigenvalue weighted by Gasteiger charge is 2.16. The first-order valence-electron chi connectivity index (χ1n) is 7.10. The van der Waals surface area contributed by atoms with E-state index in [0.29, 0.717) is 25.3 Å². The van der Waals surface area contributed by atoms with Crippen LogP contribution >= 0.6 is 0 Å². The third-order valence-corrected chi connectivity index (χ3v) is 3.25. The van der Waals surface area contributed by atoms with Crippen LogP contribution in [0.25, 0.3) is 0 Å². The van der Waals surface area contributed by atoms with Crippen LogP contribution in [-0.2, 0) is 11.3 Å². The molecule has 1 aromatic rings. The lowest BCUT2D eigenvalue weighted by molar-refractivity contribution is -0.131. The number of nitrogens with two attached hydrogens (primary N) is 1. The minimum atomic E-state index is -0.315. The van der Waals surface area contributed by atoms with E-state index in [4.69, 9.17) is 5.73 Å². The van der Waals surface area contributed by atoms with Crippen LogP contribution in [0, 0.1) is 0 Å². The lowest BCUT2D eigenvalue weighted by atomic mass is 10.2. The first-order chi connectivity index (χ1) is 10.0. The summed E-state index contributed by atoms with van der Waals surface area (Å²) < 4.78 is 0. The molecular weight excluding hydrogens is 268 g/mol. The van der Waals surface area contributed by atoms with Gasteiger partial charge in [0.05, 0.1) is 0 Å². The van der Waals surface area contributed by atoms with E-state index in [0.717, 1.165) is 5.56 Å². The van der Waals surface area contributed by atoms with Crippen LogP contribution in [0.1, 0.15) is 19.4 Å². The number of carbonyl (C=O) groups is 2. The zero-order chi connectivity index (χ0) is 15.8. The van der Waals surface area contributed by atoms with Gasteiger partial charge in [-0.15, -0.1) is 0 Å². The molecule has 0 atom stereocenters. The molecule has 0 spiro atoms. The molecule has 0 aliphatic rings. The SMILES string of the molecule is CCN(CC)C(=O)CN(C)C(=O)Nc1cccc(CN)c1. The lowest BCUT2D eigenvalue weighted by Crippen LogP contribution is -2.42. The average molecular weight is 292 g/mol. The molecule has 116 valence electrons. The Balaban J connectivity index is 2.60. The molecule has 0 aromatic heterocycles. The third kappa shape index (κ3) is 5.07. The molecule has 0 unspecified atom stereocenters. The van der Waals surface area contributed by atoms with Gasteiger partial charge in [0.2, 0.25) is 5.91 Å². The Labute approximate surface area is 125 Å². The van der Waals surface area contributed by atoms with Crippen LogP contribution in [0.4, 0.5) is 10.5 Å². The lowest BCUT2D eigenvalue weighted by Gasteiger charge is -2.23. The fourth-order valence-corrected chi connectivity index (χ4v) is 1.95. The van der Waals surface area contributed by atoms with Gasteiger partial charge in [0.15, 0.2) is 0 Å². The molecule has 1 rings (SSSR count). The molecule has 6 nitrogen and oxygen atoms in total. The monoisotopic (exact) mass is 292 g/mol. The molecule has 0 radical (unpaired) electrons. The van der Waals surface area contributed by atoms with Crippen molar-refractivity contribution in [1.82, 2.24) is 9.80 Å². The second-order valence-electron chi connectivity index (χ2n) is 4.76. The van der Waals surface area contributed by atoms with Crippen LogP contribution in [0.15, 0.2) is 24.3 Å². The molecule has 0 aliphatic heterocycles. The van der Waals surface area contributed by atoms with Crippen molar-refractivity contribution in [2.24, 2.45) is 5.73 Å². The van der Waals surface area contributed by atoms with Gasteiger partial charge in [-0.1, -0.05) is 12.1 Å². The van der Waals surface area contributed by atoms with E-state index in [9.17, 15) is 9.59 Å². The maximum absolute atomic E-state index is 12.1. The molecule has 0 fully saturated rings. The average Bonchev–Trinajstić information content (AvgIpc) is 2.48. The summed E-state index contributed by atoms with van der Waals surface area (Å²) in [6.45, 7) is 5.59. The highest BCUT2D eigenvalue weighted by molar-refractivity contribution is 5.92. The van der Waals surface area contributed by atoms with Crippen molar-refractivity contribution in [3.63, 3.8) is 0 Å². The van der Waals surface area contributed by atoms with E-state index in [1.807, 2.05) is 32.0 Å². The van der Waals surface area contributed by atoms with Gasteiger partial charge in [0, 0.05) is 32.4 Å². The topological polar surface area (TPSA) is 78.7 Å². The number of anilines is 1. The van der Waals surface area contributed by atoms with E-state index < -0.39 is 0 Å². The number of hydrogen-bond acceptors (Lipinski definition) is 3. The first-order valence-corrected chi connectivity index (χ1v) is 7.10. The molecule has 0 saturated carbocycles. The molecule has 21 heavy (non-hydrogen) atoms. The predicted molar refractivity (Wildman–Crippen MR) is 83.9 cm³/mol. The van der Waals surface area contributed by atoms with Crippen molar-refractivity contribution in [2.75, 3.05) is 32.0 Å². The van der Waals surface area contributed by atoms with Gasteiger partial charge in [-0.05, 0) is 31.5 Å². The Morgan fingerprint density at radius 3 is 2.48 bits per heavy atom. The number of carbonyl (C=O) groups excluding carboxylic acids is 2. The first kappa shape index (κ1) is 17.0. The summed E-state index contributed by atoms with van der Waals surface area (Å²) in [5, 5.41) is 2.76. The van der Waals surface area contributed by atoms with Gasteiger partial charge >= 0.3 is 6.03 Å². The number of amides is 3. The second-order valence-corrected chi connectivity index (χ2v) is 4.76. The van der Waals surface area contributed by atoms with Gasteiger partial charge < -0.3 is 20.9 Å². The molecule has 1 aromatic carbocycles. The fraction of sp³-hybridized carbons (Fsp3) is 0.467. The summed E-state index contributed by atoms with van der Waals surface area (Å²) in [7, 11) is 1.60. The minimum absolute atomic E-state index is 0.0596. The van der Waals surface area contributed by atoms with Crippen LogP contribution in [-0.4, -0.2) is 48.4 Å². The highest BCUT2D eigenvalue weighted by atomic mass is 16.2. The largest absolute Gasteiger partial charge is 0.342 e. The maximum atomic E-state index is 12.1. The highest BCUT2D eigenvalue weighted by Crippen LogP contribution is 2.10. The van der Waals surface area contributed by atoms with E-state index in [2.05, 4.69) is 5.32 Å². The smallest absolute Gasteiger partial charge is 0.322 e. The fourth-order valence-electron chi connectivity index (χ4n) is 1.95. The molecule has 0 bridgehead atoms. The predicted octanol–water partition coefficient (Wildman–Crippen LogP) is 1.48. The maximum Gasteiger partial charge on any atom is 0.322 e. The van der Waals surface area contributed by atoms with E-state index in [1.165, 1.54) is 4.90 Å². The molecule has 6 heteroatoms. The second kappa shape index (κ2) is 8.26. The summed E-state index contributed by atoms with van der Waals surface area (Å²) >= 11 is 0. The number of nitrogens with one attached hydrogen (secondary N) is 1. The zero-order valence-electron chi connectivity index (χ0n) is 12.9. The standard InChI is InChI=1S/C15H24N4O2/c1-4-19(5-2)14(20)11-18(3)15(21)17-13-8-6-7-12(9-13)10-16/h6-9H,4-5,10-11,16H2,1-3H3,(H,17,21). The number of urea groups is 1. The van der Waals surface area contributed by atoms with Gasteiger partial charge in [0.1, 0.15) is 6.54 Å². The van der Waals surface area contributed by atoms with Gasteiger partial charge in [-0.2, -0.15) is 0 Å². The third-order valence-electron chi connectivity index (χ3n) is 3.25. The van der Waals surface area contributed by atoms with Crippen molar-refractivity contribution < 1.29 is 9.59 Å². The van der Waals surface area contributed by atoms with Crippen LogP contribution in [0.2, 0.25) is 0 Å². The number of benzene rings is 1. The zero-order valence-corrected chi connectivity index (χ0v) is 12.9. The Hall–Kier alpha value is -2.08. The van der Waals surface area contributed by atoms with Crippen molar-refractivity contribution in [3.8, 4) is 0 Å². The Morgan fingerprint density at radius 2 is 1.90 bits per heavy atom. The number of rotatable bonds is 6. The Bertz CT molecular complexity index is 486. The normalized spacial score (nSPS) is 10.1. The van der Waals surface area contributed by atoms with Gasteiger partial charge in [0.25, 0.3) is 0 Å². The van der Waals surface area contributed by atoms with E-state index in [1.54, 1.807) is 18.0 Å². The quantitative estimate of drug-likeness (QED) is 0.833. The number of likely N-dealkylation sites (N-methyl/N-ethyl adjacent to an activating group) is 2. The molecule has 0 saturated heterocycles.